The molecular formula is C12H14F2N2O. The SMILES string of the molecule is O=C(c1ccnc(F)c1F)N1CCCCCC1. The molecule has 0 bridgehead atoms. The predicted molar refractivity (Wildman–Crippen MR) is 58.5 cm³/mol. The predicted octanol–water partition coefficient (Wildman–Crippen LogP) is 2.38. The van der Waals surface area contributed by atoms with E-state index in [9.17, 15) is 13.6 Å². The first-order valence-corrected chi connectivity index (χ1v) is 5.79. The Labute approximate surface area is 98.5 Å². The van der Waals surface area contributed by atoms with Crippen LogP contribution in [0.1, 0.15) is 36.0 Å². The van der Waals surface area contributed by atoms with Crippen molar-refractivity contribution in [3.63, 3.8) is 0 Å². The summed E-state index contributed by atoms with van der Waals surface area (Å²) in [6, 6.07) is 1.23. The van der Waals surface area contributed by atoms with E-state index in [2.05, 4.69) is 4.98 Å². The Morgan fingerprint density at radius 3 is 2.47 bits per heavy atom. The minimum atomic E-state index is -1.22. The maximum Gasteiger partial charge on any atom is 0.257 e. The van der Waals surface area contributed by atoms with Crippen molar-refractivity contribution >= 4 is 5.91 Å². The highest BCUT2D eigenvalue weighted by atomic mass is 19.2. The molecule has 0 unspecified atom stereocenters. The summed E-state index contributed by atoms with van der Waals surface area (Å²) in [5.74, 6) is -2.81. The third-order valence-electron chi connectivity index (χ3n) is 2.97. The molecule has 0 aromatic carbocycles. The van der Waals surface area contributed by atoms with Crippen molar-refractivity contribution in [2.24, 2.45) is 0 Å². The molecule has 1 aromatic rings. The average molecular weight is 240 g/mol. The number of hydrogen-bond donors (Lipinski definition) is 0. The van der Waals surface area contributed by atoms with Gasteiger partial charge >= 0.3 is 0 Å². The minimum absolute atomic E-state index is 0.223. The molecule has 17 heavy (non-hydrogen) atoms. The van der Waals surface area contributed by atoms with Crippen LogP contribution in [0, 0.1) is 11.8 Å². The van der Waals surface area contributed by atoms with Gasteiger partial charge in [-0.15, -0.1) is 0 Å². The quantitative estimate of drug-likeness (QED) is 0.706. The molecule has 1 amide bonds. The number of amides is 1. The van der Waals surface area contributed by atoms with E-state index >= 15 is 0 Å². The Kier molecular flexibility index (Phi) is 3.66. The molecule has 1 aliphatic heterocycles. The smallest absolute Gasteiger partial charge is 0.257 e. The van der Waals surface area contributed by atoms with Crippen LogP contribution in [0.3, 0.4) is 0 Å². The zero-order valence-electron chi connectivity index (χ0n) is 9.46. The molecule has 3 nitrogen and oxygen atoms in total. The number of halogens is 2. The Morgan fingerprint density at radius 1 is 1.18 bits per heavy atom. The molecule has 0 saturated carbocycles. The summed E-state index contributed by atoms with van der Waals surface area (Å²) in [5.41, 5.74) is -0.223. The van der Waals surface area contributed by atoms with Gasteiger partial charge < -0.3 is 4.90 Å². The van der Waals surface area contributed by atoms with Gasteiger partial charge in [0.05, 0.1) is 5.56 Å². The molecule has 1 aromatic heterocycles. The number of carbonyl (C=O) groups is 1. The third-order valence-corrected chi connectivity index (χ3v) is 2.97. The van der Waals surface area contributed by atoms with Gasteiger partial charge in [-0.05, 0) is 18.9 Å². The van der Waals surface area contributed by atoms with Crippen LogP contribution >= 0.6 is 0 Å². The molecule has 0 N–H and O–H groups in total. The normalized spacial score (nSPS) is 16.7. The minimum Gasteiger partial charge on any atom is -0.339 e. The molecule has 2 heterocycles. The van der Waals surface area contributed by atoms with Crippen LogP contribution in [0.4, 0.5) is 8.78 Å². The first-order valence-electron chi connectivity index (χ1n) is 5.79. The van der Waals surface area contributed by atoms with Gasteiger partial charge in [0.2, 0.25) is 5.95 Å². The molecule has 2 rings (SSSR count). The number of carbonyl (C=O) groups excluding carboxylic acids is 1. The molecule has 5 heteroatoms. The Bertz CT molecular complexity index is 415. The molecule has 0 radical (unpaired) electrons. The standard InChI is InChI=1S/C12H14F2N2O/c13-10-9(5-6-15-11(10)14)12(17)16-7-3-1-2-4-8-16/h5-6H,1-4,7-8H2. The summed E-state index contributed by atoms with van der Waals surface area (Å²) in [6.45, 7) is 1.23. The monoisotopic (exact) mass is 240 g/mol. The number of pyridine rings is 1. The number of likely N-dealkylation sites (tertiary alicyclic amines) is 1. The molecule has 1 fully saturated rings. The van der Waals surface area contributed by atoms with Crippen LogP contribution in [-0.2, 0) is 0 Å². The number of aromatic nitrogens is 1. The van der Waals surface area contributed by atoms with Crippen LogP contribution < -0.4 is 0 Å². The zero-order valence-corrected chi connectivity index (χ0v) is 9.46. The van der Waals surface area contributed by atoms with Gasteiger partial charge in [0.1, 0.15) is 0 Å². The van der Waals surface area contributed by atoms with Crippen molar-refractivity contribution in [1.82, 2.24) is 9.88 Å². The fourth-order valence-electron chi connectivity index (χ4n) is 2.03. The summed E-state index contributed by atoms with van der Waals surface area (Å²) in [5, 5.41) is 0. The van der Waals surface area contributed by atoms with Crippen molar-refractivity contribution < 1.29 is 13.6 Å². The average Bonchev–Trinajstić information content (AvgIpc) is 2.60. The molecule has 1 saturated heterocycles. The van der Waals surface area contributed by atoms with Gasteiger partial charge in [0, 0.05) is 19.3 Å². The van der Waals surface area contributed by atoms with E-state index in [1.165, 1.54) is 6.07 Å². The van der Waals surface area contributed by atoms with Crippen LogP contribution in [0.5, 0.6) is 0 Å². The first kappa shape index (κ1) is 12.0. The molecule has 1 aliphatic rings. The lowest BCUT2D eigenvalue weighted by atomic mass is 10.2. The van der Waals surface area contributed by atoms with E-state index in [1.807, 2.05) is 0 Å². The van der Waals surface area contributed by atoms with E-state index < -0.39 is 17.7 Å². The summed E-state index contributed by atoms with van der Waals surface area (Å²) >= 11 is 0. The topological polar surface area (TPSA) is 33.2 Å². The second-order valence-electron chi connectivity index (χ2n) is 4.17. The Hall–Kier alpha value is -1.52. The lowest BCUT2D eigenvalue weighted by Crippen LogP contribution is -2.32. The lowest BCUT2D eigenvalue weighted by Gasteiger charge is -2.20. The van der Waals surface area contributed by atoms with Gasteiger partial charge in [-0.1, -0.05) is 12.8 Å². The van der Waals surface area contributed by atoms with E-state index in [1.54, 1.807) is 4.90 Å². The van der Waals surface area contributed by atoms with E-state index in [0.29, 0.717) is 13.1 Å². The van der Waals surface area contributed by atoms with E-state index in [0.717, 1.165) is 31.9 Å². The highest BCUT2D eigenvalue weighted by molar-refractivity contribution is 5.94. The molecule has 92 valence electrons. The maximum atomic E-state index is 13.4. The van der Waals surface area contributed by atoms with Gasteiger partial charge in [0.15, 0.2) is 5.82 Å². The fraction of sp³-hybridized carbons (Fsp3) is 0.500. The van der Waals surface area contributed by atoms with E-state index in [4.69, 9.17) is 0 Å². The number of nitrogens with zero attached hydrogens (tertiary/aromatic N) is 2. The molecule has 0 spiro atoms. The highest BCUT2D eigenvalue weighted by Gasteiger charge is 2.22. The summed E-state index contributed by atoms with van der Waals surface area (Å²) < 4.78 is 26.4. The zero-order chi connectivity index (χ0) is 12.3. The fourth-order valence-corrected chi connectivity index (χ4v) is 2.03. The van der Waals surface area contributed by atoms with Crippen molar-refractivity contribution in [2.75, 3.05) is 13.1 Å². The Morgan fingerprint density at radius 2 is 1.82 bits per heavy atom. The second-order valence-corrected chi connectivity index (χ2v) is 4.17. The molecule has 0 aliphatic carbocycles. The summed E-state index contributed by atoms with van der Waals surface area (Å²) in [4.78, 5) is 16.8. The second kappa shape index (κ2) is 5.21. The van der Waals surface area contributed by atoms with Crippen molar-refractivity contribution in [2.45, 2.75) is 25.7 Å². The first-order chi connectivity index (χ1) is 8.20. The molecule has 0 atom stereocenters. The molecular weight excluding hydrogens is 226 g/mol. The van der Waals surface area contributed by atoms with Gasteiger partial charge in [-0.3, -0.25) is 4.79 Å². The number of hydrogen-bond acceptors (Lipinski definition) is 2. The van der Waals surface area contributed by atoms with Crippen molar-refractivity contribution in [3.05, 3.63) is 29.6 Å². The van der Waals surface area contributed by atoms with Gasteiger partial charge in [-0.25, -0.2) is 9.37 Å². The van der Waals surface area contributed by atoms with Crippen LogP contribution in [0.15, 0.2) is 12.3 Å². The van der Waals surface area contributed by atoms with Crippen LogP contribution in [0.2, 0.25) is 0 Å². The van der Waals surface area contributed by atoms with Crippen molar-refractivity contribution in [1.29, 1.82) is 0 Å². The lowest BCUT2D eigenvalue weighted by molar-refractivity contribution is 0.0755. The van der Waals surface area contributed by atoms with Gasteiger partial charge in [-0.2, -0.15) is 4.39 Å². The maximum absolute atomic E-state index is 13.4. The van der Waals surface area contributed by atoms with Crippen LogP contribution in [-0.4, -0.2) is 28.9 Å². The van der Waals surface area contributed by atoms with Gasteiger partial charge in [0.25, 0.3) is 5.91 Å². The highest BCUT2D eigenvalue weighted by Crippen LogP contribution is 2.16. The van der Waals surface area contributed by atoms with Crippen molar-refractivity contribution in [3.8, 4) is 0 Å². The summed E-state index contributed by atoms with van der Waals surface area (Å²) in [6.07, 6.45) is 5.11. The number of rotatable bonds is 1. The third kappa shape index (κ3) is 2.60. The summed E-state index contributed by atoms with van der Waals surface area (Å²) in [7, 11) is 0. The van der Waals surface area contributed by atoms with E-state index in [-0.39, 0.29) is 5.56 Å². The Balaban J connectivity index is 2.20. The largest absolute Gasteiger partial charge is 0.339 e. The van der Waals surface area contributed by atoms with Crippen LogP contribution in [0.25, 0.3) is 0 Å².